The summed E-state index contributed by atoms with van der Waals surface area (Å²) in [5, 5.41) is 0. The van der Waals surface area contributed by atoms with Gasteiger partial charge in [-0.25, -0.2) is 13.1 Å². The van der Waals surface area contributed by atoms with E-state index >= 15 is 0 Å². The van der Waals surface area contributed by atoms with Crippen molar-refractivity contribution < 1.29 is 17.9 Å². The number of benzene rings is 1. The fraction of sp³-hybridized carbons (Fsp3) is 0.562. The Morgan fingerprint density at radius 1 is 1.35 bits per heavy atom. The van der Waals surface area contributed by atoms with Crippen LogP contribution in [-0.2, 0) is 19.6 Å². The van der Waals surface area contributed by atoms with E-state index in [2.05, 4.69) is 4.72 Å². The number of carbonyl (C=O) groups excluding carboxylic acids is 1. The Morgan fingerprint density at radius 2 is 2.09 bits per heavy atom. The zero-order valence-electron chi connectivity index (χ0n) is 13.4. The molecule has 0 unspecified atom stereocenters. The van der Waals surface area contributed by atoms with Crippen LogP contribution in [0.1, 0.15) is 25.7 Å². The Hall–Kier alpha value is -1.44. The largest absolute Gasteiger partial charge is 0.385 e. The highest BCUT2D eigenvalue weighted by molar-refractivity contribution is 7.89. The second-order valence-corrected chi connectivity index (χ2v) is 7.42. The Balaban J connectivity index is 1.92. The number of rotatable bonds is 7. The van der Waals surface area contributed by atoms with E-state index in [0.29, 0.717) is 32.5 Å². The summed E-state index contributed by atoms with van der Waals surface area (Å²) in [6, 6.07) is 8.07. The predicted octanol–water partition coefficient (Wildman–Crippen LogP) is 1.38. The van der Waals surface area contributed by atoms with Crippen LogP contribution in [0.2, 0.25) is 0 Å². The monoisotopic (exact) mass is 340 g/mol. The molecular formula is C16H24N2O4S. The molecule has 7 heteroatoms. The number of hydrogen-bond acceptors (Lipinski definition) is 4. The fourth-order valence-corrected chi connectivity index (χ4v) is 4.00. The number of piperidine rings is 1. The quantitative estimate of drug-likeness (QED) is 0.761. The highest BCUT2D eigenvalue weighted by Gasteiger charge is 2.27. The minimum Gasteiger partial charge on any atom is -0.385 e. The molecule has 0 radical (unpaired) electrons. The summed E-state index contributed by atoms with van der Waals surface area (Å²) in [6.45, 7) is 1.68. The summed E-state index contributed by atoms with van der Waals surface area (Å²) in [7, 11) is -1.93. The summed E-state index contributed by atoms with van der Waals surface area (Å²) in [4.78, 5) is 14.1. The maximum absolute atomic E-state index is 12.4. The van der Waals surface area contributed by atoms with Gasteiger partial charge < -0.3 is 9.64 Å². The van der Waals surface area contributed by atoms with E-state index in [1.807, 2.05) is 0 Å². The smallest absolute Gasteiger partial charge is 0.240 e. The lowest BCUT2D eigenvalue weighted by molar-refractivity contribution is -0.132. The number of hydrogen-bond donors (Lipinski definition) is 1. The first-order chi connectivity index (χ1) is 11.0. The summed E-state index contributed by atoms with van der Waals surface area (Å²) < 4.78 is 32.4. The minimum absolute atomic E-state index is 0.0608. The van der Waals surface area contributed by atoms with Gasteiger partial charge in [0, 0.05) is 39.3 Å². The average Bonchev–Trinajstić information content (AvgIpc) is 2.55. The second kappa shape index (κ2) is 8.42. The molecule has 0 aromatic heterocycles. The highest BCUT2D eigenvalue weighted by atomic mass is 32.2. The average molecular weight is 340 g/mol. The summed E-state index contributed by atoms with van der Waals surface area (Å²) in [5.74, 6) is 0.0608. The number of sulfonamides is 1. The topological polar surface area (TPSA) is 75.7 Å². The van der Waals surface area contributed by atoms with Crippen LogP contribution in [0.15, 0.2) is 35.2 Å². The SMILES string of the molecule is COCCCC(=O)N1CCC[C@H](NS(=O)(=O)c2ccccc2)C1. The van der Waals surface area contributed by atoms with Crippen LogP contribution in [0.3, 0.4) is 0 Å². The van der Waals surface area contributed by atoms with Gasteiger partial charge in [0.25, 0.3) is 0 Å². The molecule has 0 saturated carbocycles. The van der Waals surface area contributed by atoms with Crippen LogP contribution < -0.4 is 4.72 Å². The molecule has 23 heavy (non-hydrogen) atoms. The summed E-state index contributed by atoms with van der Waals surface area (Å²) in [5.41, 5.74) is 0. The number of amides is 1. The van der Waals surface area contributed by atoms with Crippen LogP contribution >= 0.6 is 0 Å². The van der Waals surface area contributed by atoms with Crippen LogP contribution in [-0.4, -0.2) is 52.1 Å². The molecule has 0 spiro atoms. The molecule has 1 aliphatic rings. The molecule has 1 atom stereocenters. The van der Waals surface area contributed by atoms with Crippen molar-refractivity contribution in [1.29, 1.82) is 0 Å². The van der Waals surface area contributed by atoms with Crippen LogP contribution in [0.25, 0.3) is 0 Å². The van der Waals surface area contributed by atoms with Gasteiger partial charge in [0.1, 0.15) is 0 Å². The van der Waals surface area contributed by atoms with Gasteiger partial charge in [-0.05, 0) is 31.4 Å². The Labute approximate surface area is 137 Å². The van der Waals surface area contributed by atoms with E-state index in [1.54, 1.807) is 42.3 Å². The maximum atomic E-state index is 12.4. The first kappa shape index (κ1) is 17.9. The van der Waals surface area contributed by atoms with E-state index in [9.17, 15) is 13.2 Å². The van der Waals surface area contributed by atoms with E-state index < -0.39 is 10.0 Å². The van der Waals surface area contributed by atoms with Gasteiger partial charge in [-0.15, -0.1) is 0 Å². The third kappa shape index (κ3) is 5.30. The predicted molar refractivity (Wildman–Crippen MR) is 87.5 cm³/mol. The first-order valence-corrected chi connectivity index (χ1v) is 9.35. The van der Waals surface area contributed by atoms with Gasteiger partial charge in [0.2, 0.25) is 15.9 Å². The van der Waals surface area contributed by atoms with Gasteiger partial charge in [-0.3, -0.25) is 4.79 Å². The van der Waals surface area contributed by atoms with Crippen molar-refractivity contribution in [2.45, 2.75) is 36.6 Å². The molecule has 1 saturated heterocycles. The molecule has 1 aromatic rings. The van der Waals surface area contributed by atoms with Gasteiger partial charge >= 0.3 is 0 Å². The molecule has 1 aliphatic heterocycles. The number of methoxy groups -OCH3 is 1. The second-order valence-electron chi connectivity index (χ2n) is 5.71. The van der Waals surface area contributed by atoms with E-state index in [-0.39, 0.29) is 16.8 Å². The summed E-state index contributed by atoms with van der Waals surface area (Å²) in [6.07, 6.45) is 2.67. The van der Waals surface area contributed by atoms with Gasteiger partial charge in [0.15, 0.2) is 0 Å². The number of nitrogens with one attached hydrogen (secondary N) is 1. The molecule has 1 amide bonds. The number of likely N-dealkylation sites (tertiary alicyclic amines) is 1. The maximum Gasteiger partial charge on any atom is 0.240 e. The van der Waals surface area contributed by atoms with E-state index in [4.69, 9.17) is 4.74 Å². The van der Waals surface area contributed by atoms with Gasteiger partial charge in [-0.1, -0.05) is 18.2 Å². The molecule has 0 aliphatic carbocycles. The van der Waals surface area contributed by atoms with E-state index in [1.165, 1.54) is 0 Å². The molecule has 1 aromatic carbocycles. The summed E-state index contributed by atoms with van der Waals surface area (Å²) >= 11 is 0. The van der Waals surface area contributed by atoms with Gasteiger partial charge in [0.05, 0.1) is 4.90 Å². The Bertz CT molecular complexity index is 604. The van der Waals surface area contributed by atoms with Crippen molar-refractivity contribution in [3.8, 4) is 0 Å². The van der Waals surface area contributed by atoms with Crippen LogP contribution in [0, 0.1) is 0 Å². The third-order valence-electron chi connectivity index (χ3n) is 3.89. The van der Waals surface area contributed by atoms with Crippen LogP contribution in [0.4, 0.5) is 0 Å². The van der Waals surface area contributed by atoms with Crippen molar-refractivity contribution in [2.24, 2.45) is 0 Å². The molecule has 1 N–H and O–H groups in total. The van der Waals surface area contributed by atoms with Crippen molar-refractivity contribution in [3.63, 3.8) is 0 Å². The molecule has 2 rings (SSSR count). The first-order valence-electron chi connectivity index (χ1n) is 7.87. The minimum atomic E-state index is -3.54. The lowest BCUT2D eigenvalue weighted by Gasteiger charge is -2.33. The normalized spacial score (nSPS) is 18.8. The molecule has 128 valence electrons. The zero-order chi connectivity index (χ0) is 16.7. The van der Waals surface area contributed by atoms with Gasteiger partial charge in [-0.2, -0.15) is 0 Å². The number of carbonyl (C=O) groups is 1. The van der Waals surface area contributed by atoms with Crippen molar-refractivity contribution >= 4 is 15.9 Å². The number of nitrogens with zero attached hydrogens (tertiary/aromatic N) is 1. The van der Waals surface area contributed by atoms with Crippen molar-refractivity contribution in [1.82, 2.24) is 9.62 Å². The lowest BCUT2D eigenvalue weighted by Crippen LogP contribution is -2.49. The highest BCUT2D eigenvalue weighted by Crippen LogP contribution is 2.15. The van der Waals surface area contributed by atoms with Crippen LogP contribution in [0.5, 0.6) is 0 Å². The Kier molecular flexibility index (Phi) is 6.56. The standard InChI is InChI=1S/C16H24N2O4S/c1-22-12-6-10-16(19)18-11-5-7-14(13-18)17-23(20,21)15-8-3-2-4-9-15/h2-4,8-9,14,17H,5-7,10-13H2,1H3/t14-/m0/s1. The molecule has 6 nitrogen and oxygen atoms in total. The lowest BCUT2D eigenvalue weighted by atomic mass is 10.1. The van der Waals surface area contributed by atoms with Crippen molar-refractivity contribution in [2.75, 3.05) is 26.8 Å². The third-order valence-corrected chi connectivity index (χ3v) is 5.42. The van der Waals surface area contributed by atoms with E-state index in [0.717, 1.165) is 12.8 Å². The Morgan fingerprint density at radius 3 is 2.78 bits per heavy atom. The zero-order valence-corrected chi connectivity index (χ0v) is 14.2. The molecular weight excluding hydrogens is 316 g/mol. The fourth-order valence-electron chi connectivity index (χ4n) is 2.71. The molecule has 1 fully saturated rings. The molecule has 0 bridgehead atoms. The van der Waals surface area contributed by atoms with Crippen molar-refractivity contribution in [3.05, 3.63) is 30.3 Å². The number of ether oxygens (including phenoxy) is 1. The molecule has 1 heterocycles.